The minimum Gasteiger partial charge on any atom is -0.457 e. The Morgan fingerprint density at radius 2 is 0.786 bits per heavy atom. The van der Waals surface area contributed by atoms with Crippen LogP contribution in [0.3, 0.4) is 0 Å². The van der Waals surface area contributed by atoms with Crippen molar-refractivity contribution >= 4 is 0 Å². The van der Waals surface area contributed by atoms with Gasteiger partial charge in [-0.2, -0.15) is 0 Å². The first-order valence-electron chi connectivity index (χ1n) is 18.8. The lowest BCUT2D eigenvalue weighted by Gasteiger charge is -2.39. The van der Waals surface area contributed by atoms with Crippen molar-refractivity contribution in [3.63, 3.8) is 0 Å². The Morgan fingerprint density at radius 3 is 1.34 bits per heavy atom. The minimum atomic E-state index is -0.596. The summed E-state index contributed by atoms with van der Waals surface area (Å²) in [4.78, 5) is 19.3. The maximum atomic E-state index is 7.06. The van der Waals surface area contributed by atoms with E-state index in [-0.39, 0.29) is 0 Å². The normalized spacial score (nSPS) is 12.9. The van der Waals surface area contributed by atoms with Gasteiger partial charge in [-0.05, 0) is 62.7 Å². The van der Waals surface area contributed by atoms with Gasteiger partial charge >= 0.3 is 0 Å². The number of nitrogens with zero attached hydrogens (tertiary/aromatic N) is 4. The highest BCUT2D eigenvalue weighted by Gasteiger charge is 2.51. The van der Waals surface area contributed by atoms with E-state index in [9.17, 15) is 0 Å². The number of pyridine rings is 1. The molecule has 56 heavy (non-hydrogen) atoms. The zero-order valence-electron chi connectivity index (χ0n) is 30.2. The molecule has 0 N–H and O–H groups in total. The minimum absolute atomic E-state index is 0.582. The third-order valence-corrected chi connectivity index (χ3v) is 11.1. The van der Waals surface area contributed by atoms with E-state index in [1.54, 1.807) is 6.20 Å². The van der Waals surface area contributed by atoms with Gasteiger partial charge in [0.05, 0.1) is 5.41 Å². The first-order valence-corrected chi connectivity index (χ1v) is 18.8. The quantitative estimate of drug-likeness (QED) is 0.177. The molecular weight excluding hydrogens is 685 g/mol. The van der Waals surface area contributed by atoms with Crippen molar-refractivity contribution in [1.29, 1.82) is 0 Å². The highest BCUT2D eigenvalue weighted by molar-refractivity contribution is 5.89. The fourth-order valence-electron chi connectivity index (χ4n) is 8.56. The maximum Gasteiger partial charge on any atom is 0.164 e. The first kappa shape index (κ1) is 32.0. The molecule has 1 aliphatic heterocycles. The van der Waals surface area contributed by atoms with Crippen LogP contribution in [0, 0.1) is 0 Å². The Morgan fingerprint density at radius 1 is 0.339 bits per heavy atom. The molecule has 0 saturated carbocycles. The van der Waals surface area contributed by atoms with E-state index in [0.29, 0.717) is 17.5 Å². The van der Waals surface area contributed by atoms with Crippen LogP contribution in [-0.2, 0) is 5.41 Å². The molecule has 5 heteroatoms. The molecule has 1 spiro atoms. The van der Waals surface area contributed by atoms with Gasteiger partial charge in [-0.15, -0.1) is 0 Å². The summed E-state index contributed by atoms with van der Waals surface area (Å²) >= 11 is 0. The number of rotatable bonds is 5. The fraction of sp³-hybridized carbons (Fsp3) is 0.0196. The van der Waals surface area contributed by atoms with E-state index >= 15 is 0 Å². The number of benzene rings is 7. The molecule has 7 aromatic carbocycles. The van der Waals surface area contributed by atoms with Crippen LogP contribution in [0.5, 0.6) is 11.5 Å². The van der Waals surface area contributed by atoms with Gasteiger partial charge in [-0.3, -0.25) is 4.98 Å². The number of aromatic nitrogens is 4. The first-order chi connectivity index (χ1) is 27.7. The molecule has 0 fully saturated rings. The molecule has 0 radical (unpaired) electrons. The van der Waals surface area contributed by atoms with Gasteiger partial charge in [0.1, 0.15) is 11.5 Å². The number of hydrogen-bond acceptors (Lipinski definition) is 5. The molecule has 0 amide bonds. The molecule has 0 bridgehead atoms. The Hall–Kier alpha value is -7.50. The second-order valence-electron chi connectivity index (χ2n) is 14.2. The van der Waals surface area contributed by atoms with Crippen LogP contribution >= 0.6 is 0 Å². The van der Waals surface area contributed by atoms with Gasteiger partial charge < -0.3 is 4.74 Å². The van der Waals surface area contributed by atoms with E-state index in [4.69, 9.17) is 19.7 Å². The van der Waals surface area contributed by atoms with Gasteiger partial charge in [0.2, 0.25) is 0 Å². The monoisotopic (exact) mass is 716 g/mol. The lowest BCUT2D eigenvalue weighted by molar-refractivity contribution is 0.437. The van der Waals surface area contributed by atoms with Crippen LogP contribution in [0.2, 0.25) is 0 Å². The number of fused-ring (bicyclic) bond motifs is 9. The fourth-order valence-corrected chi connectivity index (χ4v) is 8.56. The molecule has 0 unspecified atom stereocenters. The van der Waals surface area contributed by atoms with Gasteiger partial charge in [-0.1, -0.05) is 164 Å². The zero-order valence-corrected chi connectivity index (χ0v) is 30.2. The summed E-state index contributed by atoms with van der Waals surface area (Å²) in [7, 11) is 0. The highest BCUT2D eigenvalue weighted by Crippen LogP contribution is 2.62. The van der Waals surface area contributed by atoms with E-state index in [0.717, 1.165) is 61.6 Å². The average molecular weight is 717 g/mol. The van der Waals surface area contributed by atoms with Crippen molar-refractivity contribution in [3.8, 4) is 79.0 Å². The topological polar surface area (TPSA) is 60.8 Å². The predicted octanol–water partition coefficient (Wildman–Crippen LogP) is 12.1. The molecule has 0 saturated heterocycles. The maximum absolute atomic E-state index is 7.06. The van der Waals surface area contributed by atoms with Crippen LogP contribution in [0.15, 0.2) is 194 Å². The number of ether oxygens (including phenoxy) is 1. The second-order valence-corrected chi connectivity index (χ2v) is 14.2. The summed E-state index contributed by atoms with van der Waals surface area (Å²) in [5.41, 5.74) is 13.7. The highest BCUT2D eigenvalue weighted by atomic mass is 16.5. The van der Waals surface area contributed by atoms with Gasteiger partial charge in [0.25, 0.3) is 0 Å². The third kappa shape index (κ3) is 5.02. The molecule has 3 heterocycles. The summed E-state index contributed by atoms with van der Waals surface area (Å²) in [6.07, 6.45) is 3.69. The third-order valence-electron chi connectivity index (χ3n) is 11.1. The Labute approximate surface area is 324 Å². The van der Waals surface area contributed by atoms with E-state index in [1.807, 2.05) is 72.9 Å². The Bertz CT molecular complexity index is 2830. The molecule has 11 rings (SSSR count). The SMILES string of the molecule is c1ccc(-c2nc(-c3ccccc3)nc(-c3ccc4c(c3)Oc3cc(-c5ccc(-c6cccnc6)cc5)ccc3C43c4ccccc4-c4ccccc43)n2)cc1. The Kier molecular flexibility index (Phi) is 7.32. The molecule has 5 nitrogen and oxygen atoms in total. The Balaban J connectivity index is 1.10. The zero-order chi connectivity index (χ0) is 37.1. The summed E-state index contributed by atoms with van der Waals surface area (Å²) in [5, 5.41) is 0. The van der Waals surface area contributed by atoms with E-state index in [2.05, 4.69) is 120 Å². The van der Waals surface area contributed by atoms with Gasteiger partial charge in [0.15, 0.2) is 17.5 Å². The van der Waals surface area contributed by atoms with Crippen LogP contribution < -0.4 is 4.74 Å². The van der Waals surface area contributed by atoms with Crippen molar-refractivity contribution in [1.82, 2.24) is 19.9 Å². The summed E-state index contributed by atoms with van der Waals surface area (Å²) in [6, 6.07) is 63.6. The van der Waals surface area contributed by atoms with Crippen LogP contribution in [-0.4, -0.2) is 19.9 Å². The van der Waals surface area contributed by atoms with Crippen molar-refractivity contribution in [3.05, 3.63) is 217 Å². The second kappa shape index (κ2) is 12.8. The van der Waals surface area contributed by atoms with Gasteiger partial charge in [-0.25, -0.2) is 15.0 Å². The van der Waals surface area contributed by atoms with Crippen molar-refractivity contribution in [2.75, 3.05) is 0 Å². The molecule has 1 aliphatic carbocycles. The lowest BCUT2D eigenvalue weighted by atomic mass is 9.66. The van der Waals surface area contributed by atoms with E-state index in [1.165, 1.54) is 22.3 Å². The lowest BCUT2D eigenvalue weighted by Crippen LogP contribution is -2.32. The van der Waals surface area contributed by atoms with Crippen molar-refractivity contribution < 1.29 is 4.74 Å². The molecular formula is C51H32N4O. The molecule has 9 aromatic rings. The molecule has 2 aromatic heterocycles. The molecule has 0 atom stereocenters. The van der Waals surface area contributed by atoms with Crippen LogP contribution in [0.4, 0.5) is 0 Å². The largest absolute Gasteiger partial charge is 0.457 e. The predicted molar refractivity (Wildman–Crippen MR) is 222 cm³/mol. The molecule has 2 aliphatic rings. The summed E-state index contributed by atoms with van der Waals surface area (Å²) in [5.74, 6) is 3.41. The van der Waals surface area contributed by atoms with Crippen molar-refractivity contribution in [2.24, 2.45) is 0 Å². The van der Waals surface area contributed by atoms with E-state index < -0.39 is 5.41 Å². The van der Waals surface area contributed by atoms with Gasteiger partial charge in [0, 0.05) is 40.2 Å². The summed E-state index contributed by atoms with van der Waals surface area (Å²) < 4.78 is 7.06. The standard InChI is InChI=1S/C51H32N4O/c1-3-12-35(13-4-1)48-53-49(36-14-5-2-6-15-36)55-50(54-48)38-26-28-45-47(31-38)56-46-30-37(33-21-23-34(24-22-33)39-16-11-29-52-32-39)25-27-44(46)51(45)42-19-9-7-17-40(42)41-18-8-10-20-43(41)51/h1-32H. The number of hydrogen-bond donors (Lipinski definition) is 0. The molecule has 262 valence electrons. The average Bonchev–Trinajstić information content (AvgIpc) is 3.57. The smallest absolute Gasteiger partial charge is 0.164 e. The van der Waals surface area contributed by atoms with Crippen LogP contribution in [0.25, 0.3) is 67.5 Å². The summed E-state index contributed by atoms with van der Waals surface area (Å²) in [6.45, 7) is 0. The van der Waals surface area contributed by atoms with Crippen LogP contribution in [0.1, 0.15) is 22.3 Å². The van der Waals surface area contributed by atoms with Crippen molar-refractivity contribution in [2.45, 2.75) is 5.41 Å².